The number of hydrogen-bond acceptors (Lipinski definition) is 2. The van der Waals surface area contributed by atoms with Gasteiger partial charge in [0.05, 0.1) is 9.80 Å². The molecule has 31 heavy (non-hydrogen) atoms. The lowest BCUT2D eigenvalue weighted by atomic mass is 10.1. The molecule has 0 spiro atoms. The summed E-state index contributed by atoms with van der Waals surface area (Å²) in [5.41, 5.74) is 3.08. The van der Waals surface area contributed by atoms with Crippen LogP contribution in [0.2, 0.25) is 0 Å². The molecule has 0 fully saturated rings. The first-order valence-electron chi connectivity index (χ1n) is 9.87. The fourth-order valence-electron chi connectivity index (χ4n) is 3.16. The van der Waals surface area contributed by atoms with Gasteiger partial charge in [-0.2, -0.15) is 0 Å². The van der Waals surface area contributed by atoms with E-state index in [9.17, 15) is 8.42 Å². The summed E-state index contributed by atoms with van der Waals surface area (Å²) in [4.78, 5) is 0.506. The summed E-state index contributed by atoms with van der Waals surface area (Å²) >= 11 is 0. The molecule has 0 atom stereocenters. The van der Waals surface area contributed by atoms with Crippen LogP contribution in [0.25, 0.3) is 11.0 Å². The molecule has 0 aliphatic rings. The van der Waals surface area contributed by atoms with E-state index in [0.717, 1.165) is 16.7 Å². The Kier molecular flexibility index (Phi) is 6.12. The van der Waals surface area contributed by atoms with Crippen LogP contribution < -0.4 is 0 Å². The van der Waals surface area contributed by atoms with Crippen molar-refractivity contribution in [2.24, 2.45) is 0 Å². The molecule has 0 saturated carbocycles. The van der Waals surface area contributed by atoms with Crippen molar-refractivity contribution in [3.63, 3.8) is 0 Å². The summed E-state index contributed by atoms with van der Waals surface area (Å²) in [7, 11) is -3.72. The van der Waals surface area contributed by atoms with Crippen molar-refractivity contribution in [2.75, 3.05) is 0 Å². The van der Waals surface area contributed by atoms with Crippen LogP contribution in [-0.2, 0) is 9.84 Å². The maximum Gasteiger partial charge on any atom is 0.207 e. The summed E-state index contributed by atoms with van der Waals surface area (Å²) in [5, 5.41) is 0. The Hall–Kier alpha value is -3.87. The van der Waals surface area contributed by atoms with Gasteiger partial charge in [-0.25, -0.2) is 8.42 Å². The molecule has 4 aromatic rings. The van der Waals surface area contributed by atoms with Gasteiger partial charge in [0.25, 0.3) is 0 Å². The molecule has 0 aliphatic heterocycles. The Labute approximate surface area is 183 Å². The van der Waals surface area contributed by atoms with Crippen molar-refractivity contribution in [1.29, 1.82) is 0 Å². The van der Waals surface area contributed by atoms with E-state index < -0.39 is 9.84 Å². The van der Waals surface area contributed by atoms with Gasteiger partial charge in [0.1, 0.15) is 0 Å². The third-order valence-electron chi connectivity index (χ3n) is 4.71. The molecule has 2 nitrogen and oxygen atoms in total. The van der Waals surface area contributed by atoms with Gasteiger partial charge in [0.15, 0.2) is 0 Å². The van der Waals surface area contributed by atoms with Crippen LogP contribution in [0.15, 0.2) is 120 Å². The highest BCUT2D eigenvalue weighted by Gasteiger charge is 2.22. The van der Waals surface area contributed by atoms with Gasteiger partial charge in [-0.1, -0.05) is 90.7 Å². The Morgan fingerprint density at radius 1 is 0.613 bits per heavy atom. The van der Waals surface area contributed by atoms with E-state index in [0.29, 0.717) is 5.56 Å². The third-order valence-corrected chi connectivity index (χ3v) is 6.54. The zero-order chi connectivity index (χ0) is 21.5. The van der Waals surface area contributed by atoms with Gasteiger partial charge >= 0.3 is 0 Å². The quantitative estimate of drug-likeness (QED) is 0.297. The summed E-state index contributed by atoms with van der Waals surface area (Å²) in [6.07, 6.45) is 1.71. The Morgan fingerprint density at radius 2 is 1.16 bits per heavy atom. The average molecular weight is 421 g/mol. The zero-order valence-electron chi connectivity index (χ0n) is 16.8. The van der Waals surface area contributed by atoms with E-state index in [1.807, 2.05) is 84.9 Å². The molecule has 0 aliphatic carbocycles. The van der Waals surface area contributed by atoms with Gasteiger partial charge in [0, 0.05) is 11.1 Å². The molecule has 0 radical (unpaired) electrons. The molecule has 0 N–H and O–H groups in total. The lowest BCUT2D eigenvalue weighted by molar-refractivity contribution is 0.606. The van der Waals surface area contributed by atoms with Crippen molar-refractivity contribution in [3.05, 3.63) is 138 Å². The number of benzene rings is 4. The monoisotopic (exact) mass is 420 g/mol. The third kappa shape index (κ3) is 5.01. The Balaban J connectivity index is 1.82. The minimum atomic E-state index is -3.72. The second kappa shape index (κ2) is 9.30. The van der Waals surface area contributed by atoms with E-state index in [-0.39, 0.29) is 9.80 Å². The highest BCUT2D eigenvalue weighted by molar-refractivity contribution is 8.00. The van der Waals surface area contributed by atoms with Crippen LogP contribution in [-0.4, -0.2) is 8.42 Å². The highest BCUT2D eigenvalue weighted by atomic mass is 32.2. The fourth-order valence-corrected chi connectivity index (χ4v) is 4.66. The van der Waals surface area contributed by atoms with Gasteiger partial charge in [-0.05, 0) is 53.6 Å². The molecule has 4 rings (SSSR count). The van der Waals surface area contributed by atoms with Gasteiger partial charge in [-0.3, -0.25) is 0 Å². The molecule has 0 aromatic heterocycles. The molecular formula is C28H20O2S. The molecule has 3 heteroatoms. The van der Waals surface area contributed by atoms with Crippen molar-refractivity contribution in [3.8, 4) is 11.8 Å². The Bertz CT molecular complexity index is 1360. The van der Waals surface area contributed by atoms with Gasteiger partial charge in [-0.15, -0.1) is 0 Å². The van der Waals surface area contributed by atoms with E-state index in [1.54, 1.807) is 36.4 Å². The fraction of sp³-hybridized carbons (Fsp3) is 0. The second-order valence-corrected chi connectivity index (χ2v) is 8.85. The van der Waals surface area contributed by atoms with Crippen LogP contribution in [0.3, 0.4) is 0 Å². The molecule has 0 saturated heterocycles. The van der Waals surface area contributed by atoms with Crippen LogP contribution in [0.5, 0.6) is 0 Å². The van der Waals surface area contributed by atoms with Crippen molar-refractivity contribution < 1.29 is 8.42 Å². The predicted molar refractivity (Wildman–Crippen MR) is 127 cm³/mol. The first kappa shape index (κ1) is 20.4. The summed E-state index contributed by atoms with van der Waals surface area (Å²) in [6.45, 7) is 0. The molecule has 0 unspecified atom stereocenters. The van der Waals surface area contributed by atoms with Gasteiger partial charge < -0.3 is 0 Å². The van der Waals surface area contributed by atoms with Crippen molar-refractivity contribution >= 4 is 20.8 Å². The summed E-state index contributed by atoms with van der Waals surface area (Å²) in [6, 6.07) is 35.0. The smallest absolute Gasteiger partial charge is 0.207 e. The zero-order valence-corrected chi connectivity index (χ0v) is 17.6. The van der Waals surface area contributed by atoms with E-state index >= 15 is 0 Å². The lowest BCUT2D eigenvalue weighted by Crippen LogP contribution is -2.04. The van der Waals surface area contributed by atoms with Crippen LogP contribution in [0.1, 0.15) is 22.3 Å². The first-order chi connectivity index (χ1) is 15.1. The van der Waals surface area contributed by atoms with E-state index in [4.69, 9.17) is 0 Å². The van der Waals surface area contributed by atoms with Crippen molar-refractivity contribution in [1.82, 2.24) is 0 Å². The van der Waals surface area contributed by atoms with Gasteiger partial charge in [0.2, 0.25) is 9.84 Å². The van der Waals surface area contributed by atoms with E-state index in [1.165, 1.54) is 0 Å². The predicted octanol–water partition coefficient (Wildman–Crippen LogP) is 6.06. The molecule has 150 valence electrons. The molecular weight excluding hydrogens is 400 g/mol. The van der Waals surface area contributed by atoms with Crippen LogP contribution in [0.4, 0.5) is 0 Å². The van der Waals surface area contributed by atoms with Crippen LogP contribution in [0, 0.1) is 11.8 Å². The molecule has 0 heterocycles. The maximum atomic E-state index is 13.5. The number of sulfone groups is 1. The summed E-state index contributed by atoms with van der Waals surface area (Å²) < 4.78 is 27.0. The average Bonchev–Trinajstić information content (AvgIpc) is 2.83. The largest absolute Gasteiger partial charge is 0.218 e. The molecule has 0 bridgehead atoms. The maximum absolute atomic E-state index is 13.5. The summed E-state index contributed by atoms with van der Waals surface area (Å²) in [5.74, 6) is 6.27. The minimum absolute atomic E-state index is 0.244. The van der Waals surface area contributed by atoms with Crippen molar-refractivity contribution in [2.45, 2.75) is 4.90 Å². The normalized spacial score (nSPS) is 11.4. The van der Waals surface area contributed by atoms with E-state index in [2.05, 4.69) is 11.8 Å². The standard InChI is InChI=1S/C28H20O2S/c29-31(30,27-17-8-3-9-18-27)28(22-24-13-6-2-7-14-24)26-16-10-15-25(21-26)20-19-23-11-4-1-5-12-23/h1-18,21-22H/b28-22+. The molecule has 0 amide bonds. The topological polar surface area (TPSA) is 34.1 Å². The first-order valence-corrected chi connectivity index (χ1v) is 11.4. The lowest BCUT2D eigenvalue weighted by Gasteiger charge is -2.11. The highest BCUT2D eigenvalue weighted by Crippen LogP contribution is 2.30. The number of hydrogen-bond donors (Lipinski definition) is 0. The van der Waals surface area contributed by atoms with Crippen LogP contribution >= 0.6 is 0 Å². The molecule has 4 aromatic carbocycles. The SMILES string of the molecule is O=S(=O)(/C(=C/c1ccccc1)c1cccc(C#Cc2ccccc2)c1)c1ccccc1. The second-order valence-electron chi connectivity index (χ2n) is 6.93. The Morgan fingerprint density at radius 3 is 1.84 bits per heavy atom. The number of rotatable bonds is 4. The minimum Gasteiger partial charge on any atom is -0.218 e.